The molecular weight excluding hydrogens is 305 g/mol. The van der Waals surface area contributed by atoms with E-state index in [1.54, 1.807) is 7.11 Å². The Morgan fingerprint density at radius 3 is 2.33 bits per heavy atom. The third kappa shape index (κ3) is 3.34. The molecule has 0 aliphatic heterocycles. The second-order valence-electron chi connectivity index (χ2n) is 5.09. The van der Waals surface area contributed by atoms with Gasteiger partial charge in [-0.05, 0) is 55.8 Å². The van der Waals surface area contributed by atoms with Crippen LogP contribution < -0.4 is 10.1 Å². The van der Waals surface area contributed by atoms with Crippen LogP contribution in [0.4, 0.5) is 0 Å². The monoisotopic (exact) mass is 323 g/mol. The van der Waals surface area contributed by atoms with Gasteiger partial charge in [0.15, 0.2) is 0 Å². The second kappa shape index (κ2) is 6.69. The summed E-state index contributed by atoms with van der Waals surface area (Å²) in [4.78, 5) is 0. The molecule has 2 nitrogen and oxygen atoms in total. The molecule has 2 aromatic rings. The van der Waals surface area contributed by atoms with E-state index in [1.807, 2.05) is 31.3 Å². The molecule has 0 aliphatic carbocycles. The number of aryl methyl sites for hydroxylation is 2. The van der Waals surface area contributed by atoms with Crippen molar-refractivity contribution in [3.63, 3.8) is 0 Å². The average molecular weight is 324 g/mol. The van der Waals surface area contributed by atoms with Crippen molar-refractivity contribution >= 4 is 23.2 Å². The molecule has 1 atom stereocenters. The lowest BCUT2D eigenvalue weighted by Gasteiger charge is -2.23. The quantitative estimate of drug-likeness (QED) is 0.861. The van der Waals surface area contributed by atoms with E-state index in [-0.39, 0.29) is 6.04 Å². The standard InChI is InChI=1S/C17H19Cl2NO/c1-10-7-11(2)16(15(8-10)21-4)17(20-3)12-5-6-13(18)14(19)9-12/h5-9,17,20H,1-4H3. The van der Waals surface area contributed by atoms with E-state index in [9.17, 15) is 0 Å². The van der Waals surface area contributed by atoms with Crippen molar-refractivity contribution < 1.29 is 4.74 Å². The molecule has 0 saturated carbocycles. The first kappa shape index (κ1) is 16.2. The Kier molecular flexibility index (Phi) is 5.15. The SMILES string of the molecule is CNC(c1ccc(Cl)c(Cl)c1)c1c(C)cc(C)cc1OC. The third-order valence-corrected chi connectivity index (χ3v) is 4.31. The van der Waals surface area contributed by atoms with Crippen LogP contribution in [0.25, 0.3) is 0 Å². The summed E-state index contributed by atoms with van der Waals surface area (Å²) in [6.07, 6.45) is 0. The van der Waals surface area contributed by atoms with Crippen LogP contribution in [0.1, 0.15) is 28.3 Å². The van der Waals surface area contributed by atoms with Gasteiger partial charge in [0.25, 0.3) is 0 Å². The van der Waals surface area contributed by atoms with E-state index in [4.69, 9.17) is 27.9 Å². The highest BCUT2D eigenvalue weighted by Gasteiger charge is 2.20. The molecule has 1 N–H and O–H groups in total. The minimum absolute atomic E-state index is 0.00434. The lowest BCUT2D eigenvalue weighted by Crippen LogP contribution is -2.19. The second-order valence-corrected chi connectivity index (χ2v) is 5.91. The van der Waals surface area contributed by atoms with Crippen molar-refractivity contribution in [2.24, 2.45) is 0 Å². The first-order valence-corrected chi connectivity index (χ1v) is 7.51. The molecular formula is C17H19Cl2NO. The van der Waals surface area contributed by atoms with E-state index >= 15 is 0 Å². The molecule has 0 saturated heterocycles. The number of benzene rings is 2. The number of rotatable bonds is 4. The van der Waals surface area contributed by atoms with Crippen LogP contribution in [0.3, 0.4) is 0 Å². The van der Waals surface area contributed by atoms with Gasteiger partial charge in [-0.25, -0.2) is 0 Å². The highest BCUT2D eigenvalue weighted by atomic mass is 35.5. The number of hydrogen-bond acceptors (Lipinski definition) is 2. The summed E-state index contributed by atoms with van der Waals surface area (Å²) in [5.74, 6) is 0.873. The predicted molar refractivity (Wildman–Crippen MR) is 89.8 cm³/mol. The lowest BCUT2D eigenvalue weighted by atomic mass is 9.93. The van der Waals surface area contributed by atoms with Crippen molar-refractivity contribution in [1.29, 1.82) is 0 Å². The highest BCUT2D eigenvalue weighted by Crippen LogP contribution is 2.35. The molecule has 4 heteroatoms. The van der Waals surface area contributed by atoms with Gasteiger partial charge in [-0.3, -0.25) is 0 Å². The Bertz CT molecular complexity index is 655. The maximum Gasteiger partial charge on any atom is 0.124 e. The van der Waals surface area contributed by atoms with Crippen LogP contribution >= 0.6 is 23.2 Å². The Morgan fingerprint density at radius 2 is 1.76 bits per heavy atom. The Labute approximate surface area is 136 Å². The van der Waals surface area contributed by atoms with Gasteiger partial charge in [0, 0.05) is 5.56 Å². The van der Waals surface area contributed by atoms with Crippen LogP contribution in [0.15, 0.2) is 30.3 Å². The number of nitrogens with one attached hydrogen (secondary N) is 1. The summed E-state index contributed by atoms with van der Waals surface area (Å²) in [5, 5.41) is 4.45. The molecule has 0 aliphatic rings. The Hall–Kier alpha value is -1.22. The van der Waals surface area contributed by atoms with Crippen molar-refractivity contribution in [3.8, 4) is 5.75 Å². The third-order valence-electron chi connectivity index (χ3n) is 3.57. The molecule has 0 fully saturated rings. The molecule has 0 radical (unpaired) electrons. The normalized spacial score (nSPS) is 12.3. The Morgan fingerprint density at radius 1 is 1.05 bits per heavy atom. The summed E-state index contributed by atoms with van der Waals surface area (Å²) in [6.45, 7) is 4.15. The van der Waals surface area contributed by atoms with E-state index in [1.165, 1.54) is 11.1 Å². The zero-order valence-corrected chi connectivity index (χ0v) is 14.1. The molecule has 112 valence electrons. The first-order valence-electron chi connectivity index (χ1n) is 6.75. The smallest absolute Gasteiger partial charge is 0.124 e. The summed E-state index contributed by atoms with van der Waals surface area (Å²) in [6, 6.07) is 9.89. The number of ether oxygens (including phenoxy) is 1. The van der Waals surface area contributed by atoms with E-state index in [2.05, 4.69) is 25.2 Å². The van der Waals surface area contributed by atoms with Gasteiger partial charge in [0.1, 0.15) is 5.75 Å². The summed E-state index contributed by atoms with van der Waals surface area (Å²) in [7, 11) is 3.62. The van der Waals surface area contributed by atoms with Crippen molar-refractivity contribution in [3.05, 3.63) is 62.6 Å². The van der Waals surface area contributed by atoms with Gasteiger partial charge in [-0.1, -0.05) is 35.3 Å². The fourth-order valence-electron chi connectivity index (χ4n) is 2.65. The van der Waals surface area contributed by atoms with Crippen molar-refractivity contribution in [1.82, 2.24) is 5.32 Å². The van der Waals surface area contributed by atoms with Crippen LogP contribution in [0.2, 0.25) is 10.0 Å². The maximum atomic E-state index is 6.15. The predicted octanol–water partition coefficient (Wildman–Crippen LogP) is 4.93. The topological polar surface area (TPSA) is 21.3 Å². The average Bonchev–Trinajstić information content (AvgIpc) is 2.45. The first-order chi connectivity index (χ1) is 9.97. The molecule has 2 aromatic carbocycles. The number of hydrogen-bond donors (Lipinski definition) is 1. The molecule has 21 heavy (non-hydrogen) atoms. The minimum Gasteiger partial charge on any atom is -0.496 e. The van der Waals surface area contributed by atoms with E-state index in [0.29, 0.717) is 10.0 Å². The molecule has 0 spiro atoms. The maximum absolute atomic E-state index is 6.15. The summed E-state index contributed by atoms with van der Waals surface area (Å²) in [5.41, 5.74) is 4.52. The zero-order valence-electron chi connectivity index (χ0n) is 12.6. The summed E-state index contributed by atoms with van der Waals surface area (Å²) < 4.78 is 5.57. The van der Waals surface area contributed by atoms with E-state index in [0.717, 1.165) is 16.9 Å². The molecule has 1 unspecified atom stereocenters. The van der Waals surface area contributed by atoms with Crippen molar-refractivity contribution in [2.75, 3.05) is 14.2 Å². The van der Waals surface area contributed by atoms with Crippen molar-refractivity contribution in [2.45, 2.75) is 19.9 Å². The minimum atomic E-state index is -0.00434. The molecule has 0 bridgehead atoms. The van der Waals surface area contributed by atoms with Gasteiger partial charge in [-0.15, -0.1) is 0 Å². The molecule has 2 rings (SSSR count). The van der Waals surface area contributed by atoms with Crippen LogP contribution in [-0.4, -0.2) is 14.2 Å². The van der Waals surface area contributed by atoms with E-state index < -0.39 is 0 Å². The number of methoxy groups -OCH3 is 1. The largest absolute Gasteiger partial charge is 0.496 e. The van der Waals surface area contributed by atoms with Gasteiger partial charge < -0.3 is 10.1 Å². The van der Waals surface area contributed by atoms with Gasteiger partial charge in [-0.2, -0.15) is 0 Å². The fraction of sp³-hybridized carbons (Fsp3) is 0.294. The number of halogens is 2. The Balaban J connectivity index is 2.58. The van der Waals surface area contributed by atoms with Gasteiger partial charge in [0.2, 0.25) is 0 Å². The highest BCUT2D eigenvalue weighted by molar-refractivity contribution is 6.42. The van der Waals surface area contributed by atoms with Crippen LogP contribution in [0, 0.1) is 13.8 Å². The molecule has 0 heterocycles. The molecule has 0 amide bonds. The van der Waals surface area contributed by atoms with Crippen LogP contribution in [0.5, 0.6) is 5.75 Å². The lowest BCUT2D eigenvalue weighted by molar-refractivity contribution is 0.404. The van der Waals surface area contributed by atoms with Gasteiger partial charge in [0.05, 0.1) is 23.2 Å². The zero-order chi connectivity index (χ0) is 15.6. The molecule has 0 aromatic heterocycles. The van der Waals surface area contributed by atoms with Gasteiger partial charge >= 0.3 is 0 Å². The summed E-state index contributed by atoms with van der Waals surface area (Å²) >= 11 is 12.2. The fourth-order valence-corrected chi connectivity index (χ4v) is 2.95. The van der Waals surface area contributed by atoms with Crippen LogP contribution in [-0.2, 0) is 0 Å².